The highest BCUT2D eigenvalue weighted by molar-refractivity contribution is 5.02. The molecule has 0 aliphatic carbocycles. The van der Waals surface area contributed by atoms with Crippen LogP contribution in [0.25, 0.3) is 0 Å². The highest BCUT2D eigenvalue weighted by Gasteiger charge is 2.19. The van der Waals surface area contributed by atoms with E-state index < -0.39 is 0 Å². The molecule has 0 saturated carbocycles. The second-order valence-corrected chi connectivity index (χ2v) is 10.8. The molecule has 0 bridgehead atoms. The Labute approximate surface area is 208 Å². The molecule has 1 heterocycles. The minimum absolute atomic E-state index is 0.590. The van der Waals surface area contributed by atoms with Crippen LogP contribution in [0.4, 0.5) is 0 Å². The molecule has 0 spiro atoms. The van der Waals surface area contributed by atoms with Gasteiger partial charge < -0.3 is 4.57 Å². The van der Waals surface area contributed by atoms with Crippen molar-refractivity contribution in [3.8, 4) is 0 Å². The lowest BCUT2D eigenvalue weighted by Gasteiger charge is -2.22. The largest absolute Gasteiger partial charge is 0.332 e. The van der Waals surface area contributed by atoms with E-state index in [1.54, 1.807) is 0 Å². The summed E-state index contributed by atoms with van der Waals surface area (Å²) in [5.74, 6) is 2.05. The van der Waals surface area contributed by atoms with Gasteiger partial charge in [0.1, 0.15) is 5.82 Å². The summed E-state index contributed by atoms with van der Waals surface area (Å²) in [6.45, 7) is 9.31. The van der Waals surface area contributed by atoms with Gasteiger partial charge >= 0.3 is 0 Å². The van der Waals surface area contributed by atoms with Crippen LogP contribution in [0.15, 0.2) is 12.4 Å². The number of unbranched alkanes of at least 4 members (excludes halogenated alkanes) is 16. The smallest absolute Gasteiger partial charge is 0.111 e. The molecule has 0 aliphatic rings. The van der Waals surface area contributed by atoms with Crippen LogP contribution in [0, 0.1) is 0 Å². The van der Waals surface area contributed by atoms with Crippen LogP contribution in [-0.2, 0) is 0 Å². The molecule has 2 nitrogen and oxygen atoms in total. The van der Waals surface area contributed by atoms with Crippen molar-refractivity contribution >= 4 is 0 Å². The number of imidazole rings is 1. The van der Waals surface area contributed by atoms with Crippen molar-refractivity contribution in [1.82, 2.24) is 9.55 Å². The Balaban J connectivity index is 2.35. The molecule has 0 aromatic carbocycles. The van der Waals surface area contributed by atoms with Crippen LogP contribution < -0.4 is 0 Å². The molecule has 1 aromatic heterocycles. The van der Waals surface area contributed by atoms with E-state index in [4.69, 9.17) is 4.98 Å². The van der Waals surface area contributed by atoms with Gasteiger partial charge in [0.25, 0.3) is 0 Å². The SMILES string of the molecule is CCCCCCCCCCCCCCC(CCCCCCC)c1nccn1C(C)CCCC. The normalized spacial score (nSPS) is 13.5. The van der Waals surface area contributed by atoms with E-state index in [0.717, 1.165) is 0 Å². The second-order valence-electron chi connectivity index (χ2n) is 10.8. The van der Waals surface area contributed by atoms with Crippen LogP contribution in [0.1, 0.15) is 187 Å². The summed E-state index contributed by atoms with van der Waals surface area (Å²) >= 11 is 0. The van der Waals surface area contributed by atoms with Crippen molar-refractivity contribution in [2.75, 3.05) is 0 Å². The van der Waals surface area contributed by atoms with E-state index in [1.165, 1.54) is 147 Å². The van der Waals surface area contributed by atoms with Crippen LogP contribution in [0.2, 0.25) is 0 Å². The molecular formula is C31H60N2. The van der Waals surface area contributed by atoms with Gasteiger partial charge in [-0.05, 0) is 26.2 Å². The summed E-state index contributed by atoms with van der Waals surface area (Å²) in [4.78, 5) is 4.90. The van der Waals surface area contributed by atoms with Gasteiger partial charge in [0.05, 0.1) is 0 Å². The van der Waals surface area contributed by atoms with E-state index in [9.17, 15) is 0 Å². The summed E-state index contributed by atoms with van der Waals surface area (Å²) in [5.41, 5.74) is 0. The molecule has 194 valence electrons. The molecule has 1 rings (SSSR count). The van der Waals surface area contributed by atoms with Crippen molar-refractivity contribution in [3.63, 3.8) is 0 Å². The summed E-state index contributed by atoms with van der Waals surface area (Å²) in [6, 6.07) is 0.590. The number of hydrogen-bond acceptors (Lipinski definition) is 1. The van der Waals surface area contributed by atoms with Gasteiger partial charge in [-0.2, -0.15) is 0 Å². The lowest BCUT2D eigenvalue weighted by molar-refractivity contribution is 0.417. The summed E-state index contributed by atoms with van der Waals surface area (Å²) in [5, 5.41) is 0. The standard InChI is InChI=1S/C31H60N2/c1-5-8-11-13-14-15-16-17-18-19-21-23-26-30(25-22-20-12-9-6-2)31-32-27-28-33(31)29(4)24-10-7-3/h27-30H,5-26H2,1-4H3. The predicted molar refractivity (Wildman–Crippen MR) is 148 cm³/mol. The van der Waals surface area contributed by atoms with Gasteiger partial charge in [-0.25, -0.2) is 4.98 Å². The molecule has 2 unspecified atom stereocenters. The summed E-state index contributed by atoms with van der Waals surface area (Å²) < 4.78 is 2.52. The Bertz CT molecular complexity index is 521. The highest BCUT2D eigenvalue weighted by atomic mass is 15.1. The Hall–Kier alpha value is -0.790. The maximum atomic E-state index is 4.90. The van der Waals surface area contributed by atoms with Gasteiger partial charge in [0, 0.05) is 24.4 Å². The molecule has 0 fully saturated rings. The molecule has 2 heteroatoms. The topological polar surface area (TPSA) is 17.8 Å². The van der Waals surface area contributed by atoms with Gasteiger partial charge in [-0.1, -0.05) is 143 Å². The molecule has 0 aliphatic heterocycles. The zero-order valence-corrected chi connectivity index (χ0v) is 23.3. The van der Waals surface area contributed by atoms with Crippen molar-refractivity contribution in [3.05, 3.63) is 18.2 Å². The molecule has 0 N–H and O–H groups in total. The Morgan fingerprint density at radius 2 is 1.00 bits per heavy atom. The molecular weight excluding hydrogens is 400 g/mol. The van der Waals surface area contributed by atoms with Gasteiger partial charge in [-0.3, -0.25) is 0 Å². The van der Waals surface area contributed by atoms with Crippen molar-refractivity contribution in [1.29, 1.82) is 0 Å². The summed E-state index contributed by atoms with van der Waals surface area (Å²) in [6.07, 6.45) is 35.0. The van der Waals surface area contributed by atoms with E-state index in [1.807, 2.05) is 0 Å². The fraction of sp³-hybridized carbons (Fsp3) is 0.903. The van der Waals surface area contributed by atoms with Gasteiger partial charge in [-0.15, -0.1) is 0 Å². The van der Waals surface area contributed by atoms with E-state index >= 15 is 0 Å². The lowest BCUT2D eigenvalue weighted by Crippen LogP contribution is -2.13. The van der Waals surface area contributed by atoms with Gasteiger partial charge in [0.2, 0.25) is 0 Å². The molecule has 0 amide bonds. The first kappa shape index (κ1) is 30.2. The first-order valence-corrected chi connectivity index (χ1v) is 15.3. The average molecular weight is 461 g/mol. The van der Waals surface area contributed by atoms with E-state index in [-0.39, 0.29) is 0 Å². The third-order valence-corrected chi connectivity index (χ3v) is 7.58. The Kier molecular flexibility index (Phi) is 19.9. The van der Waals surface area contributed by atoms with Crippen molar-refractivity contribution in [2.45, 2.75) is 181 Å². The molecule has 33 heavy (non-hydrogen) atoms. The maximum Gasteiger partial charge on any atom is 0.111 e. The first-order valence-electron chi connectivity index (χ1n) is 15.3. The molecule has 0 saturated heterocycles. The first-order chi connectivity index (χ1) is 16.2. The van der Waals surface area contributed by atoms with Crippen LogP contribution in [-0.4, -0.2) is 9.55 Å². The third-order valence-electron chi connectivity index (χ3n) is 7.58. The second kappa shape index (κ2) is 21.7. The lowest BCUT2D eigenvalue weighted by atomic mass is 9.93. The quantitative estimate of drug-likeness (QED) is 0.140. The molecule has 2 atom stereocenters. The fourth-order valence-corrected chi connectivity index (χ4v) is 5.28. The minimum atomic E-state index is 0.590. The Morgan fingerprint density at radius 1 is 0.576 bits per heavy atom. The number of nitrogens with zero attached hydrogens (tertiary/aromatic N) is 2. The van der Waals surface area contributed by atoms with E-state index in [0.29, 0.717) is 12.0 Å². The molecule has 1 aromatic rings. The number of aromatic nitrogens is 2. The van der Waals surface area contributed by atoms with Crippen LogP contribution in [0.5, 0.6) is 0 Å². The fourth-order valence-electron chi connectivity index (χ4n) is 5.28. The van der Waals surface area contributed by atoms with Crippen molar-refractivity contribution in [2.24, 2.45) is 0 Å². The Morgan fingerprint density at radius 3 is 1.45 bits per heavy atom. The highest BCUT2D eigenvalue weighted by Crippen LogP contribution is 2.30. The summed E-state index contributed by atoms with van der Waals surface area (Å²) in [7, 11) is 0. The van der Waals surface area contributed by atoms with Crippen LogP contribution >= 0.6 is 0 Å². The number of rotatable bonds is 24. The monoisotopic (exact) mass is 460 g/mol. The zero-order chi connectivity index (χ0) is 24.0. The zero-order valence-electron chi connectivity index (χ0n) is 23.3. The van der Waals surface area contributed by atoms with Crippen LogP contribution in [0.3, 0.4) is 0 Å². The maximum absolute atomic E-state index is 4.90. The van der Waals surface area contributed by atoms with E-state index in [2.05, 4.69) is 44.7 Å². The predicted octanol–water partition coefficient (Wildman–Crippen LogP) is 11.2. The molecule has 0 radical (unpaired) electrons. The van der Waals surface area contributed by atoms with Crippen molar-refractivity contribution < 1.29 is 0 Å². The average Bonchev–Trinajstić information content (AvgIpc) is 3.31. The third kappa shape index (κ3) is 14.9. The number of hydrogen-bond donors (Lipinski definition) is 0. The minimum Gasteiger partial charge on any atom is -0.332 e. The van der Waals surface area contributed by atoms with Gasteiger partial charge in [0.15, 0.2) is 0 Å².